The Hall–Kier alpha value is -2.46. The summed E-state index contributed by atoms with van der Waals surface area (Å²) in [6.45, 7) is 4.21. The lowest BCUT2D eigenvalue weighted by Crippen LogP contribution is -2.01. The maximum atomic E-state index is 6.71. The summed E-state index contributed by atoms with van der Waals surface area (Å²) in [4.78, 5) is 9.19. The van der Waals surface area contributed by atoms with Crippen molar-refractivity contribution in [1.82, 2.24) is 19.7 Å². The molecule has 0 aliphatic heterocycles. The van der Waals surface area contributed by atoms with E-state index in [-0.39, 0.29) is 5.92 Å². The zero-order chi connectivity index (χ0) is 16.0. The van der Waals surface area contributed by atoms with Crippen molar-refractivity contribution in [1.29, 1.82) is 0 Å². The highest BCUT2D eigenvalue weighted by atomic mass is 35.5. The first-order valence-electron chi connectivity index (χ1n) is 7.55. The van der Waals surface area contributed by atoms with Gasteiger partial charge in [-0.2, -0.15) is 9.78 Å². The summed E-state index contributed by atoms with van der Waals surface area (Å²) < 4.78 is 1.78. The molecule has 114 valence electrons. The molecule has 23 heavy (non-hydrogen) atoms. The van der Waals surface area contributed by atoms with E-state index in [0.29, 0.717) is 5.02 Å². The maximum Gasteiger partial charge on any atom is 0.167 e. The predicted octanol–water partition coefficient (Wildman–Crippen LogP) is 4.75. The van der Waals surface area contributed by atoms with Crippen molar-refractivity contribution in [3.8, 4) is 5.82 Å². The third kappa shape index (κ3) is 2.18. The number of rotatable bonds is 2. The first-order chi connectivity index (χ1) is 11.2. The first-order valence-corrected chi connectivity index (χ1v) is 7.93. The zero-order valence-electron chi connectivity index (χ0n) is 12.9. The SMILES string of the molecule is CC(C)c1nn(-c2ccccn2)c2nc3ccccc3c(Cl)c12. The van der Waals surface area contributed by atoms with Crippen molar-refractivity contribution in [2.75, 3.05) is 0 Å². The van der Waals surface area contributed by atoms with Gasteiger partial charge in [0.05, 0.1) is 21.6 Å². The van der Waals surface area contributed by atoms with Gasteiger partial charge in [-0.05, 0) is 24.1 Å². The van der Waals surface area contributed by atoms with Crippen LogP contribution in [-0.4, -0.2) is 19.7 Å². The Morgan fingerprint density at radius 1 is 1.04 bits per heavy atom. The van der Waals surface area contributed by atoms with Crippen LogP contribution in [0.1, 0.15) is 25.5 Å². The van der Waals surface area contributed by atoms with E-state index in [4.69, 9.17) is 21.7 Å². The molecule has 0 N–H and O–H groups in total. The highest BCUT2D eigenvalue weighted by molar-refractivity contribution is 6.40. The van der Waals surface area contributed by atoms with Crippen LogP contribution in [0.5, 0.6) is 0 Å². The Balaban J connectivity index is 2.17. The average Bonchev–Trinajstić information content (AvgIpc) is 2.96. The average molecular weight is 323 g/mol. The second-order valence-electron chi connectivity index (χ2n) is 5.78. The lowest BCUT2D eigenvalue weighted by molar-refractivity contribution is 0.766. The van der Waals surface area contributed by atoms with Gasteiger partial charge >= 0.3 is 0 Å². The molecule has 1 aromatic carbocycles. The van der Waals surface area contributed by atoms with E-state index in [9.17, 15) is 0 Å². The number of nitrogens with zero attached hydrogens (tertiary/aromatic N) is 4. The normalized spacial score (nSPS) is 11.7. The van der Waals surface area contributed by atoms with E-state index in [1.807, 2.05) is 42.5 Å². The van der Waals surface area contributed by atoms with Crippen LogP contribution in [0.3, 0.4) is 0 Å². The minimum atomic E-state index is 0.239. The highest BCUT2D eigenvalue weighted by Gasteiger charge is 2.20. The monoisotopic (exact) mass is 322 g/mol. The second-order valence-corrected chi connectivity index (χ2v) is 6.16. The van der Waals surface area contributed by atoms with Crippen LogP contribution in [0, 0.1) is 0 Å². The lowest BCUT2D eigenvalue weighted by Gasteiger charge is -2.05. The van der Waals surface area contributed by atoms with Crippen molar-refractivity contribution in [2.24, 2.45) is 0 Å². The molecule has 0 atom stereocenters. The standard InChI is InChI=1S/C18H15ClN4/c1-11(2)17-15-16(19)12-7-3-4-8-13(12)21-18(15)23(22-17)14-9-5-6-10-20-14/h3-11H,1-2H3. The third-order valence-corrected chi connectivity index (χ3v) is 4.28. The smallest absolute Gasteiger partial charge is 0.167 e. The largest absolute Gasteiger partial charge is 0.237 e. The van der Waals surface area contributed by atoms with Crippen LogP contribution in [0.15, 0.2) is 48.7 Å². The summed E-state index contributed by atoms with van der Waals surface area (Å²) in [6, 6.07) is 13.6. The van der Waals surface area contributed by atoms with Crippen LogP contribution in [0.2, 0.25) is 5.02 Å². The molecular weight excluding hydrogens is 308 g/mol. The van der Waals surface area contributed by atoms with Crippen LogP contribution in [0.4, 0.5) is 0 Å². The van der Waals surface area contributed by atoms with Gasteiger partial charge in [0.2, 0.25) is 0 Å². The van der Waals surface area contributed by atoms with Crippen LogP contribution in [-0.2, 0) is 0 Å². The highest BCUT2D eigenvalue weighted by Crippen LogP contribution is 2.35. The molecule has 4 aromatic rings. The quantitative estimate of drug-likeness (QED) is 0.535. The van der Waals surface area contributed by atoms with Gasteiger partial charge in [-0.25, -0.2) is 9.97 Å². The Labute approximate surface area is 138 Å². The fourth-order valence-electron chi connectivity index (χ4n) is 2.79. The molecule has 0 aliphatic rings. The number of para-hydroxylation sites is 1. The molecule has 3 heterocycles. The Morgan fingerprint density at radius 3 is 2.57 bits per heavy atom. The van der Waals surface area contributed by atoms with E-state index in [0.717, 1.165) is 33.4 Å². The van der Waals surface area contributed by atoms with Gasteiger partial charge in [0, 0.05) is 11.6 Å². The summed E-state index contributed by atoms with van der Waals surface area (Å²) in [5.41, 5.74) is 2.54. The number of aromatic nitrogens is 4. The zero-order valence-corrected chi connectivity index (χ0v) is 13.6. The predicted molar refractivity (Wildman–Crippen MR) is 93.3 cm³/mol. The van der Waals surface area contributed by atoms with E-state index < -0.39 is 0 Å². The fourth-order valence-corrected chi connectivity index (χ4v) is 3.13. The van der Waals surface area contributed by atoms with Crippen molar-refractivity contribution in [3.63, 3.8) is 0 Å². The number of benzene rings is 1. The summed E-state index contributed by atoms with van der Waals surface area (Å²) in [6.07, 6.45) is 1.75. The van der Waals surface area contributed by atoms with Gasteiger partial charge in [-0.15, -0.1) is 0 Å². The van der Waals surface area contributed by atoms with Gasteiger partial charge < -0.3 is 0 Å². The number of fused-ring (bicyclic) bond motifs is 2. The molecule has 4 rings (SSSR count). The summed E-state index contributed by atoms with van der Waals surface area (Å²) in [7, 11) is 0. The molecule has 0 spiro atoms. The van der Waals surface area contributed by atoms with Gasteiger partial charge in [0.15, 0.2) is 11.5 Å². The van der Waals surface area contributed by atoms with E-state index in [1.54, 1.807) is 10.9 Å². The van der Waals surface area contributed by atoms with Crippen molar-refractivity contribution in [2.45, 2.75) is 19.8 Å². The Kier molecular flexibility index (Phi) is 3.27. The molecule has 3 aromatic heterocycles. The van der Waals surface area contributed by atoms with Crippen molar-refractivity contribution >= 4 is 33.5 Å². The topological polar surface area (TPSA) is 43.6 Å². The number of pyridine rings is 2. The molecule has 4 nitrogen and oxygen atoms in total. The van der Waals surface area contributed by atoms with Crippen molar-refractivity contribution in [3.05, 3.63) is 59.4 Å². The molecule has 0 unspecified atom stereocenters. The van der Waals surface area contributed by atoms with Crippen molar-refractivity contribution < 1.29 is 0 Å². The Morgan fingerprint density at radius 2 is 1.83 bits per heavy atom. The number of hydrogen-bond donors (Lipinski definition) is 0. The van der Waals surface area contributed by atoms with E-state index in [2.05, 4.69) is 18.8 Å². The minimum Gasteiger partial charge on any atom is -0.237 e. The van der Waals surface area contributed by atoms with Crippen LogP contribution in [0.25, 0.3) is 27.8 Å². The van der Waals surface area contributed by atoms with Gasteiger partial charge in [0.25, 0.3) is 0 Å². The molecule has 0 saturated carbocycles. The molecule has 0 bridgehead atoms. The second kappa shape index (κ2) is 5.32. The summed E-state index contributed by atoms with van der Waals surface area (Å²) in [5.74, 6) is 0.978. The van der Waals surface area contributed by atoms with Crippen LogP contribution >= 0.6 is 11.6 Å². The Bertz CT molecular complexity index is 1010. The molecule has 0 fully saturated rings. The van der Waals surface area contributed by atoms with E-state index in [1.165, 1.54) is 0 Å². The number of halogens is 1. The van der Waals surface area contributed by atoms with E-state index >= 15 is 0 Å². The fraction of sp³-hybridized carbons (Fsp3) is 0.167. The minimum absolute atomic E-state index is 0.239. The number of hydrogen-bond acceptors (Lipinski definition) is 3. The summed E-state index contributed by atoms with van der Waals surface area (Å²) in [5, 5.41) is 7.31. The third-order valence-electron chi connectivity index (χ3n) is 3.89. The summed E-state index contributed by atoms with van der Waals surface area (Å²) >= 11 is 6.71. The molecule has 0 aliphatic carbocycles. The van der Waals surface area contributed by atoms with Gasteiger partial charge in [-0.3, -0.25) is 0 Å². The lowest BCUT2D eigenvalue weighted by atomic mass is 10.1. The molecular formula is C18H15ClN4. The van der Waals surface area contributed by atoms with Gasteiger partial charge in [-0.1, -0.05) is 49.7 Å². The van der Waals surface area contributed by atoms with Gasteiger partial charge in [0.1, 0.15) is 0 Å². The molecule has 0 saturated heterocycles. The first kappa shape index (κ1) is 14.2. The maximum absolute atomic E-state index is 6.71. The molecule has 5 heteroatoms. The molecule has 0 amide bonds. The molecule has 0 radical (unpaired) electrons. The van der Waals surface area contributed by atoms with Crippen LogP contribution < -0.4 is 0 Å².